The fourth-order valence-electron chi connectivity index (χ4n) is 0.872. The molecule has 0 aromatic rings. The van der Waals surface area contributed by atoms with E-state index in [1.165, 1.54) is 5.57 Å². The number of likely N-dealkylation sites (N-methyl/N-ethyl adjacent to an activating group) is 1. The molecule has 0 saturated carbocycles. The quantitative estimate of drug-likeness (QED) is 0.575. The summed E-state index contributed by atoms with van der Waals surface area (Å²) >= 11 is 0. The van der Waals surface area contributed by atoms with Gasteiger partial charge in [0.15, 0.2) is 0 Å². The number of hydrogen-bond donors (Lipinski definition) is 1. The molecule has 0 spiro atoms. The van der Waals surface area contributed by atoms with Gasteiger partial charge in [0.2, 0.25) is 0 Å². The predicted octanol–water partition coefficient (Wildman–Crippen LogP) is 0.828. The Hall–Kier alpha value is -0.800. The van der Waals surface area contributed by atoms with Crippen LogP contribution in [-0.4, -0.2) is 18.6 Å². The first kappa shape index (κ1) is 7.31. The SMILES string of the molecule is C=CCC1=CONN(C)C1. The minimum absolute atomic E-state index is 0.895. The van der Waals surface area contributed by atoms with E-state index in [4.69, 9.17) is 4.84 Å². The van der Waals surface area contributed by atoms with Crippen molar-refractivity contribution in [3.63, 3.8) is 0 Å². The number of allylic oxidation sites excluding steroid dienone is 1. The Kier molecular flexibility index (Phi) is 2.48. The standard InChI is InChI=1S/C7H12N2O/c1-3-4-7-5-9(2)8-10-6-7/h3,6,8H,1,4-5H2,2H3. The van der Waals surface area contributed by atoms with Gasteiger partial charge in [-0.3, -0.25) is 0 Å². The number of nitrogens with zero attached hydrogens (tertiary/aromatic N) is 1. The molecule has 1 heterocycles. The van der Waals surface area contributed by atoms with E-state index in [1.54, 1.807) is 6.26 Å². The van der Waals surface area contributed by atoms with Gasteiger partial charge < -0.3 is 4.84 Å². The molecule has 0 bridgehead atoms. The zero-order valence-corrected chi connectivity index (χ0v) is 6.13. The normalized spacial score (nSPS) is 19.5. The molecule has 0 amide bonds. The molecule has 0 unspecified atom stereocenters. The Morgan fingerprint density at radius 3 is 3.40 bits per heavy atom. The van der Waals surface area contributed by atoms with Gasteiger partial charge in [-0.1, -0.05) is 11.7 Å². The van der Waals surface area contributed by atoms with Crippen molar-refractivity contribution in [3.8, 4) is 0 Å². The van der Waals surface area contributed by atoms with E-state index in [0.29, 0.717) is 0 Å². The Morgan fingerprint density at radius 1 is 2.00 bits per heavy atom. The van der Waals surface area contributed by atoms with Gasteiger partial charge in [-0.05, 0) is 12.0 Å². The third kappa shape index (κ3) is 1.86. The van der Waals surface area contributed by atoms with E-state index >= 15 is 0 Å². The summed E-state index contributed by atoms with van der Waals surface area (Å²) in [6.07, 6.45) is 4.49. The Morgan fingerprint density at radius 2 is 2.80 bits per heavy atom. The van der Waals surface area contributed by atoms with Crippen molar-refractivity contribution in [2.24, 2.45) is 0 Å². The molecule has 0 aromatic heterocycles. The first-order valence-corrected chi connectivity index (χ1v) is 3.24. The van der Waals surface area contributed by atoms with Crippen LogP contribution in [0.5, 0.6) is 0 Å². The lowest BCUT2D eigenvalue weighted by molar-refractivity contribution is -0.0272. The van der Waals surface area contributed by atoms with Crippen LogP contribution in [0, 0.1) is 0 Å². The Labute approximate surface area is 60.9 Å². The van der Waals surface area contributed by atoms with E-state index in [2.05, 4.69) is 12.2 Å². The van der Waals surface area contributed by atoms with Crippen molar-refractivity contribution < 1.29 is 4.84 Å². The average Bonchev–Trinajstić information content (AvgIpc) is 1.88. The number of hydrazine groups is 1. The molecule has 3 heteroatoms. The van der Waals surface area contributed by atoms with E-state index in [1.807, 2.05) is 18.1 Å². The van der Waals surface area contributed by atoms with Gasteiger partial charge in [0.05, 0.1) is 0 Å². The van der Waals surface area contributed by atoms with Crippen LogP contribution >= 0.6 is 0 Å². The van der Waals surface area contributed by atoms with Crippen LogP contribution in [0.1, 0.15) is 6.42 Å². The molecule has 0 fully saturated rings. The molecule has 0 saturated heterocycles. The van der Waals surface area contributed by atoms with Gasteiger partial charge in [-0.15, -0.1) is 6.58 Å². The molecule has 1 N–H and O–H groups in total. The smallest absolute Gasteiger partial charge is 0.114 e. The molecule has 1 aliphatic heterocycles. The lowest BCUT2D eigenvalue weighted by Gasteiger charge is -2.22. The van der Waals surface area contributed by atoms with Gasteiger partial charge >= 0.3 is 0 Å². The molecule has 0 atom stereocenters. The number of nitrogens with one attached hydrogen (secondary N) is 1. The molecule has 1 rings (SSSR count). The predicted molar refractivity (Wildman–Crippen MR) is 39.7 cm³/mol. The Bertz CT molecular complexity index is 154. The number of hydrogen-bond acceptors (Lipinski definition) is 3. The second-order valence-electron chi connectivity index (χ2n) is 2.33. The average molecular weight is 140 g/mol. The third-order valence-corrected chi connectivity index (χ3v) is 1.28. The van der Waals surface area contributed by atoms with Crippen molar-refractivity contribution in [2.75, 3.05) is 13.6 Å². The first-order chi connectivity index (χ1) is 4.83. The maximum atomic E-state index is 4.91. The van der Waals surface area contributed by atoms with Crippen LogP contribution in [-0.2, 0) is 4.84 Å². The third-order valence-electron chi connectivity index (χ3n) is 1.28. The summed E-state index contributed by atoms with van der Waals surface area (Å²) in [5.41, 5.74) is 3.93. The van der Waals surface area contributed by atoms with E-state index in [9.17, 15) is 0 Å². The molecule has 0 aliphatic carbocycles. The van der Waals surface area contributed by atoms with E-state index in [-0.39, 0.29) is 0 Å². The topological polar surface area (TPSA) is 24.5 Å². The molecule has 1 aliphatic rings. The molecular formula is C7H12N2O. The maximum Gasteiger partial charge on any atom is 0.114 e. The lowest BCUT2D eigenvalue weighted by Crippen LogP contribution is -2.37. The minimum atomic E-state index is 0.895. The van der Waals surface area contributed by atoms with Crippen LogP contribution in [0.2, 0.25) is 0 Å². The summed E-state index contributed by atoms with van der Waals surface area (Å²) in [7, 11) is 1.93. The van der Waals surface area contributed by atoms with E-state index in [0.717, 1.165) is 13.0 Å². The van der Waals surface area contributed by atoms with Crippen molar-refractivity contribution in [1.29, 1.82) is 0 Å². The molecule has 10 heavy (non-hydrogen) atoms. The highest BCUT2D eigenvalue weighted by molar-refractivity contribution is 5.05. The van der Waals surface area contributed by atoms with Gasteiger partial charge in [0.1, 0.15) is 6.26 Å². The molecule has 56 valence electrons. The highest BCUT2D eigenvalue weighted by Gasteiger charge is 2.06. The summed E-state index contributed by atoms with van der Waals surface area (Å²) in [5.74, 6) is 0. The second-order valence-corrected chi connectivity index (χ2v) is 2.33. The molecule has 0 radical (unpaired) electrons. The zero-order chi connectivity index (χ0) is 7.40. The fourth-order valence-corrected chi connectivity index (χ4v) is 0.872. The monoisotopic (exact) mass is 140 g/mol. The van der Waals surface area contributed by atoms with Crippen LogP contribution in [0.3, 0.4) is 0 Å². The van der Waals surface area contributed by atoms with Gasteiger partial charge in [0, 0.05) is 13.6 Å². The largest absolute Gasteiger partial charge is 0.401 e. The molecular weight excluding hydrogens is 128 g/mol. The maximum absolute atomic E-state index is 4.91. The lowest BCUT2D eigenvalue weighted by atomic mass is 10.2. The van der Waals surface area contributed by atoms with Crippen LogP contribution in [0.25, 0.3) is 0 Å². The van der Waals surface area contributed by atoms with Crippen LogP contribution < -0.4 is 5.59 Å². The second kappa shape index (κ2) is 3.39. The van der Waals surface area contributed by atoms with Gasteiger partial charge in [0.25, 0.3) is 0 Å². The first-order valence-electron chi connectivity index (χ1n) is 3.24. The summed E-state index contributed by atoms with van der Waals surface area (Å²) in [4.78, 5) is 4.91. The summed E-state index contributed by atoms with van der Waals surface area (Å²) < 4.78 is 0. The molecule has 0 aromatic carbocycles. The van der Waals surface area contributed by atoms with Crippen molar-refractivity contribution in [1.82, 2.24) is 10.6 Å². The molecule has 3 nitrogen and oxygen atoms in total. The zero-order valence-electron chi connectivity index (χ0n) is 6.13. The summed E-state index contributed by atoms with van der Waals surface area (Å²) in [6, 6.07) is 0. The highest BCUT2D eigenvalue weighted by atomic mass is 16.7. The van der Waals surface area contributed by atoms with Gasteiger partial charge in [-0.25, -0.2) is 5.01 Å². The summed E-state index contributed by atoms with van der Waals surface area (Å²) in [6.45, 7) is 4.54. The minimum Gasteiger partial charge on any atom is -0.401 e. The van der Waals surface area contributed by atoms with Crippen molar-refractivity contribution in [2.45, 2.75) is 6.42 Å². The van der Waals surface area contributed by atoms with Crippen molar-refractivity contribution in [3.05, 3.63) is 24.5 Å². The fraction of sp³-hybridized carbons (Fsp3) is 0.429. The van der Waals surface area contributed by atoms with Crippen molar-refractivity contribution >= 4 is 0 Å². The van der Waals surface area contributed by atoms with Crippen LogP contribution in [0.4, 0.5) is 0 Å². The summed E-state index contributed by atoms with van der Waals surface area (Å²) in [5, 5.41) is 1.87. The van der Waals surface area contributed by atoms with Crippen LogP contribution in [0.15, 0.2) is 24.5 Å². The number of rotatable bonds is 2. The van der Waals surface area contributed by atoms with E-state index < -0.39 is 0 Å². The van der Waals surface area contributed by atoms with Gasteiger partial charge in [-0.2, -0.15) is 0 Å². The Balaban J connectivity index is 2.43. The highest BCUT2D eigenvalue weighted by Crippen LogP contribution is 2.06.